The smallest absolute Gasteiger partial charge is 0.146 e. The number of hydrogen-bond donors (Lipinski definition) is 1. The molecule has 66 valence electrons. The standard InChI is InChI=1S/C9H13FN2/c1-7-3-4-8(5-12-7)9(2,10)6-11/h3-5H,6,11H2,1-2H3. The summed E-state index contributed by atoms with van der Waals surface area (Å²) in [5, 5.41) is 0. The summed E-state index contributed by atoms with van der Waals surface area (Å²) in [4.78, 5) is 4.00. The van der Waals surface area contributed by atoms with E-state index in [1.54, 1.807) is 12.1 Å². The summed E-state index contributed by atoms with van der Waals surface area (Å²) in [6.07, 6.45) is 1.53. The van der Waals surface area contributed by atoms with E-state index in [0.717, 1.165) is 5.69 Å². The molecule has 0 aliphatic heterocycles. The summed E-state index contributed by atoms with van der Waals surface area (Å²) in [5.41, 5.74) is 5.23. The molecule has 1 rings (SSSR count). The van der Waals surface area contributed by atoms with Gasteiger partial charge in [0, 0.05) is 24.0 Å². The normalized spacial score (nSPS) is 15.7. The summed E-state index contributed by atoms with van der Waals surface area (Å²) >= 11 is 0. The number of aromatic nitrogens is 1. The fourth-order valence-electron chi connectivity index (χ4n) is 0.894. The third kappa shape index (κ3) is 1.80. The first-order valence-electron chi connectivity index (χ1n) is 3.88. The van der Waals surface area contributed by atoms with Gasteiger partial charge in [0.25, 0.3) is 0 Å². The van der Waals surface area contributed by atoms with Gasteiger partial charge in [-0.3, -0.25) is 4.98 Å². The highest BCUT2D eigenvalue weighted by Gasteiger charge is 2.23. The maximum absolute atomic E-state index is 13.5. The Morgan fingerprint density at radius 3 is 2.67 bits per heavy atom. The topological polar surface area (TPSA) is 38.9 Å². The van der Waals surface area contributed by atoms with Gasteiger partial charge in [-0.2, -0.15) is 0 Å². The molecule has 0 aromatic carbocycles. The van der Waals surface area contributed by atoms with Crippen molar-refractivity contribution in [2.24, 2.45) is 5.73 Å². The number of pyridine rings is 1. The second kappa shape index (κ2) is 3.19. The average molecular weight is 168 g/mol. The van der Waals surface area contributed by atoms with Crippen LogP contribution in [-0.2, 0) is 5.67 Å². The molecular formula is C9H13FN2. The molecule has 1 unspecified atom stereocenters. The van der Waals surface area contributed by atoms with Gasteiger partial charge in [-0.05, 0) is 19.9 Å². The molecule has 2 nitrogen and oxygen atoms in total. The van der Waals surface area contributed by atoms with E-state index >= 15 is 0 Å². The first-order chi connectivity index (χ1) is 5.56. The molecule has 3 heteroatoms. The Morgan fingerprint density at radius 1 is 1.58 bits per heavy atom. The molecule has 12 heavy (non-hydrogen) atoms. The van der Waals surface area contributed by atoms with Crippen molar-refractivity contribution in [2.75, 3.05) is 6.54 Å². The lowest BCUT2D eigenvalue weighted by molar-refractivity contribution is 0.203. The summed E-state index contributed by atoms with van der Waals surface area (Å²) < 4.78 is 13.5. The molecule has 0 aliphatic carbocycles. The van der Waals surface area contributed by atoms with E-state index in [1.165, 1.54) is 13.1 Å². The molecule has 0 bridgehead atoms. The predicted octanol–water partition coefficient (Wildman–Crippen LogP) is 1.53. The van der Waals surface area contributed by atoms with Gasteiger partial charge >= 0.3 is 0 Å². The number of hydrogen-bond acceptors (Lipinski definition) is 2. The molecule has 0 amide bonds. The van der Waals surface area contributed by atoms with Crippen molar-refractivity contribution >= 4 is 0 Å². The number of alkyl halides is 1. The predicted molar refractivity (Wildman–Crippen MR) is 46.5 cm³/mol. The Labute approximate surface area is 71.6 Å². The molecule has 0 saturated carbocycles. The second-order valence-electron chi connectivity index (χ2n) is 3.09. The minimum atomic E-state index is -1.46. The van der Waals surface area contributed by atoms with Crippen molar-refractivity contribution in [3.05, 3.63) is 29.6 Å². The van der Waals surface area contributed by atoms with Crippen molar-refractivity contribution in [2.45, 2.75) is 19.5 Å². The van der Waals surface area contributed by atoms with Gasteiger partial charge in [0.15, 0.2) is 0 Å². The SMILES string of the molecule is Cc1ccc(C(C)(F)CN)cn1. The average Bonchev–Trinajstić information content (AvgIpc) is 2.05. The Balaban J connectivity index is 2.96. The zero-order valence-electron chi connectivity index (χ0n) is 7.34. The number of halogens is 1. The number of nitrogens with two attached hydrogens (primary N) is 1. The van der Waals surface area contributed by atoms with Crippen LogP contribution in [0.1, 0.15) is 18.2 Å². The van der Waals surface area contributed by atoms with Crippen molar-refractivity contribution in [3.8, 4) is 0 Å². The lowest BCUT2D eigenvalue weighted by Crippen LogP contribution is -2.26. The molecule has 1 aromatic heterocycles. The number of rotatable bonds is 2. The van der Waals surface area contributed by atoms with E-state index in [2.05, 4.69) is 4.98 Å². The Hall–Kier alpha value is -0.960. The molecule has 0 aliphatic rings. The van der Waals surface area contributed by atoms with Crippen LogP contribution in [0, 0.1) is 6.92 Å². The summed E-state index contributed by atoms with van der Waals surface area (Å²) in [7, 11) is 0. The highest BCUT2D eigenvalue weighted by Crippen LogP contribution is 2.22. The zero-order valence-corrected chi connectivity index (χ0v) is 7.34. The molecule has 1 atom stereocenters. The number of aryl methyl sites for hydroxylation is 1. The zero-order chi connectivity index (χ0) is 9.19. The summed E-state index contributed by atoms with van der Waals surface area (Å²) in [6.45, 7) is 3.30. The van der Waals surface area contributed by atoms with E-state index in [9.17, 15) is 4.39 Å². The van der Waals surface area contributed by atoms with Crippen LogP contribution >= 0.6 is 0 Å². The monoisotopic (exact) mass is 168 g/mol. The fourth-order valence-corrected chi connectivity index (χ4v) is 0.894. The minimum absolute atomic E-state index is 0.0161. The molecule has 0 radical (unpaired) electrons. The van der Waals surface area contributed by atoms with Gasteiger partial charge < -0.3 is 5.73 Å². The van der Waals surface area contributed by atoms with Gasteiger partial charge in [-0.25, -0.2) is 4.39 Å². The van der Waals surface area contributed by atoms with Crippen molar-refractivity contribution in [1.82, 2.24) is 4.98 Å². The molecule has 1 heterocycles. The van der Waals surface area contributed by atoms with Gasteiger partial charge in [0.2, 0.25) is 0 Å². The van der Waals surface area contributed by atoms with Gasteiger partial charge in [0.1, 0.15) is 5.67 Å². The van der Waals surface area contributed by atoms with Crippen LogP contribution < -0.4 is 5.73 Å². The van der Waals surface area contributed by atoms with Crippen LogP contribution in [-0.4, -0.2) is 11.5 Å². The summed E-state index contributed by atoms with van der Waals surface area (Å²) in [6, 6.07) is 3.50. The first kappa shape index (κ1) is 9.13. The van der Waals surface area contributed by atoms with Crippen LogP contribution in [0.4, 0.5) is 4.39 Å². The fraction of sp³-hybridized carbons (Fsp3) is 0.444. The highest BCUT2D eigenvalue weighted by molar-refractivity contribution is 5.20. The number of nitrogens with zero attached hydrogens (tertiary/aromatic N) is 1. The molecule has 1 aromatic rings. The van der Waals surface area contributed by atoms with Crippen LogP contribution in [0.15, 0.2) is 18.3 Å². The lowest BCUT2D eigenvalue weighted by Gasteiger charge is -2.17. The molecule has 0 fully saturated rings. The van der Waals surface area contributed by atoms with Crippen molar-refractivity contribution < 1.29 is 4.39 Å². The van der Waals surface area contributed by atoms with E-state index in [1.807, 2.05) is 6.92 Å². The van der Waals surface area contributed by atoms with E-state index in [0.29, 0.717) is 5.56 Å². The Morgan fingerprint density at radius 2 is 2.25 bits per heavy atom. The van der Waals surface area contributed by atoms with Gasteiger partial charge in [-0.15, -0.1) is 0 Å². The largest absolute Gasteiger partial charge is 0.327 e. The second-order valence-corrected chi connectivity index (χ2v) is 3.09. The van der Waals surface area contributed by atoms with Gasteiger partial charge in [-0.1, -0.05) is 6.07 Å². The van der Waals surface area contributed by atoms with E-state index in [-0.39, 0.29) is 6.54 Å². The van der Waals surface area contributed by atoms with Crippen molar-refractivity contribution in [3.63, 3.8) is 0 Å². The third-order valence-electron chi connectivity index (χ3n) is 1.90. The molecule has 2 N–H and O–H groups in total. The Kier molecular flexibility index (Phi) is 2.43. The van der Waals surface area contributed by atoms with Crippen LogP contribution in [0.2, 0.25) is 0 Å². The van der Waals surface area contributed by atoms with Crippen LogP contribution in [0.25, 0.3) is 0 Å². The maximum atomic E-state index is 13.5. The lowest BCUT2D eigenvalue weighted by atomic mass is 10.0. The highest BCUT2D eigenvalue weighted by atomic mass is 19.1. The third-order valence-corrected chi connectivity index (χ3v) is 1.90. The van der Waals surface area contributed by atoms with Crippen LogP contribution in [0.5, 0.6) is 0 Å². The van der Waals surface area contributed by atoms with E-state index < -0.39 is 5.67 Å². The Bertz CT molecular complexity index is 254. The maximum Gasteiger partial charge on any atom is 0.146 e. The molecule has 0 spiro atoms. The van der Waals surface area contributed by atoms with Crippen molar-refractivity contribution in [1.29, 1.82) is 0 Å². The summed E-state index contributed by atoms with van der Waals surface area (Å²) in [5.74, 6) is 0. The minimum Gasteiger partial charge on any atom is -0.327 e. The first-order valence-corrected chi connectivity index (χ1v) is 3.88. The molecule has 0 saturated heterocycles. The van der Waals surface area contributed by atoms with E-state index in [4.69, 9.17) is 5.73 Å². The molecular weight excluding hydrogens is 155 g/mol. The quantitative estimate of drug-likeness (QED) is 0.727. The van der Waals surface area contributed by atoms with Crippen LogP contribution in [0.3, 0.4) is 0 Å². The van der Waals surface area contributed by atoms with Gasteiger partial charge in [0.05, 0.1) is 0 Å².